The van der Waals surface area contributed by atoms with E-state index in [9.17, 15) is 14.7 Å². The molecule has 144 valence electrons. The number of para-hydroxylation sites is 1. The molecule has 0 saturated heterocycles. The minimum Gasteiger partial charge on any atom is -0.550 e. The summed E-state index contributed by atoms with van der Waals surface area (Å²) in [6, 6.07) is 13.1. The summed E-state index contributed by atoms with van der Waals surface area (Å²) in [6.07, 6.45) is -0.381. The van der Waals surface area contributed by atoms with Gasteiger partial charge >= 0.3 is 0 Å². The van der Waals surface area contributed by atoms with Crippen LogP contribution in [-0.4, -0.2) is 32.2 Å². The molecule has 2 aromatic rings. The standard InChI is InChI=1S/C20H23NO6/c1-3-26-17-10-9-14(11-18(17)25-2)16(12-20(23)24)21-19(22)13-27-15-7-5-4-6-8-15/h4-11,16H,3,12-13H2,1-2H3,(H,21,22)(H,23,24)/p-1/t16-/m1/s1. The van der Waals surface area contributed by atoms with Crippen molar-refractivity contribution in [1.29, 1.82) is 0 Å². The molecule has 27 heavy (non-hydrogen) atoms. The highest BCUT2D eigenvalue weighted by Crippen LogP contribution is 2.31. The smallest absolute Gasteiger partial charge is 0.258 e. The number of rotatable bonds is 10. The number of carbonyl (C=O) groups is 2. The van der Waals surface area contributed by atoms with Crippen LogP contribution in [-0.2, 0) is 9.59 Å². The molecule has 2 aromatic carbocycles. The van der Waals surface area contributed by atoms with Crippen molar-refractivity contribution in [2.24, 2.45) is 0 Å². The number of amides is 1. The van der Waals surface area contributed by atoms with Gasteiger partial charge in [-0.25, -0.2) is 0 Å². The molecule has 0 unspecified atom stereocenters. The zero-order valence-corrected chi connectivity index (χ0v) is 15.3. The normalized spacial score (nSPS) is 11.3. The zero-order chi connectivity index (χ0) is 19.6. The fraction of sp³-hybridized carbons (Fsp3) is 0.300. The van der Waals surface area contributed by atoms with Gasteiger partial charge in [0.1, 0.15) is 5.75 Å². The summed E-state index contributed by atoms with van der Waals surface area (Å²) in [6.45, 7) is 2.08. The minimum atomic E-state index is -1.28. The van der Waals surface area contributed by atoms with Gasteiger partial charge in [0.25, 0.3) is 5.91 Å². The maximum Gasteiger partial charge on any atom is 0.258 e. The average Bonchev–Trinajstić information content (AvgIpc) is 2.67. The fourth-order valence-electron chi connectivity index (χ4n) is 2.50. The van der Waals surface area contributed by atoms with Gasteiger partial charge in [-0.3, -0.25) is 4.79 Å². The van der Waals surface area contributed by atoms with Gasteiger partial charge in [0.15, 0.2) is 18.1 Å². The average molecular weight is 372 g/mol. The van der Waals surface area contributed by atoms with Gasteiger partial charge in [0.2, 0.25) is 0 Å². The van der Waals surface area contributed by atoms with E-state index in [-0.39, 0.29) is 13.0 Å². The van der Waals surface area contributed by atoms with Gasteiger partial charge in [-0.15, -0.1) is 0 Å². The molecular weight excluding hydrogens is 350 g/mol. The summed E-state index contributed by atoms with van der Waals surface area (Å²) in [5.41, 5.74) is 0.563. The number of methoxy groups -OCH3 is 1. The third-order valence-corrected chi connectivity index (χ3v) is 3.71. The van der Waals surface area contributed by atoms with Gasteiger partial charge in [-0.05, 0) is 36.8 Å². The summed E-state index contributed by atoms with van der Waals surface area (Å²) in [7, 11) is 1.49. The molecule has 7 heteroatoms. The van der Waals surface area contributed by atoms with E-state index in [1.165, 1.54) is 7.11 Å². The summed E-state index contributed by atoms with van der Waals surface area (Å²) < 4.78 is 16.1. The maximum atomic E-state index is 12.2. The number of ether oxygens (including phenoxy) is 3. The van der Waals surface area contributed by atoms with Crippen molar-refractivity contribution in [3.05, 3.63) is 54.1 Å². The molecule has 0 radical (unpaired) electrons. The van der Waals surface area contributed by atoms with Crippen molar-refractivity contribution >= 4 is 11.9 Å². The number of hydrogen-bond donors (Lipinski definition) is 1. The number of benzene rings is 2. The van der Waals surface area contributed by atoms with Crippen LogP contribution in [0.5, 0.6) is 17.2 Å². The predicted molar refractivity (Wildman–Crippen MR) is 96.6 cm³/mol. The first kappa shape index (κ1) is 20.1. The van der Waals surface area contributed by atoms with Crippen LogP contribution in [0.1, 0.15) is 24.9 Å². The van der Waals surface area contributed by atoms with Crippen molar-refractivity contribution in [3.63, 3.8) is 0 Å². The molecule has 1 N–H and O–H groups in total. The van der Waals surface area contributed by atoms with Crippen molar-refractivity contribution in [1.82, 2.24) is 5.32 Å². The fourth-order valence-corrected chi connectivity index (χ4v) is 2.50. The lowest BCUT2D eigenvalue weighted by Gasteiger charge is -2.21. The van der Waals surface area contributed by atoms with Crippen LogP contribution in [0, 0.1) is 0 Å². The lowest BCUT2D eigenvalue weighted by molar-refractivity contribution is -0.306. The molecule has 7 nitrogen and oxygen atoms in total. The Bertz CT molecular complexity index is 762. The lowest BCUT2D eigenvalue weighted by atomic mass is 10.0. The second kappa shape index (κ2) is 10.1. The summed E-state index contributed by atoms with van der Waals surface area (Å²) >= 11 is 0. The molecule has 0 aliphatic heterocycles. The molecule has 0 bridgehead atoms. The molecular formula is C20H22NO6-. The molecule has 0 aromatic heterocycles. The molecule has 0 heterocycles. The number of hydrogen-bond acceptors (Lipinski definition) is 6. The number of aliphatic carboxylic acids is 1. The predicted octanol–water partition coefficient (Wildman–Crippen LogP) is 1.47. The van der Waals surface area contributed by atoms with Crippen molar-refractivity contribution in [2.75, 3.05) is 20.3 Å². The Kier molecular flexibility index (Phi) is 7.49. The monoisotopic (exact) mass is 372 g/mol. The quantitative estimate of drug-likeness (QED) is 0.678. The van der Waals surface area contributed by atoms with Crippen LogP contribution in [0.15, 0.2) is 48.5 Å². The van der Waals surface area contributed by atoms with E-state index in [1.807, 2.05) is 13.0 Å². The highest BCUT2D eigenvalue weighted by Gasteiger charge is 2.18. The van der Waals surface area contributed by atoms with E-state index in [2.05, 4.69) is 5.32 Å². The maximum absolute atomic E-state index is 12.2. The van der Waals surface area contributed by atoms with E-state index < -0.39 is 17.9 Å². The topological polar surface area (TPSA) is 96.9 Å². The second-order valence-corrected chi connectivity index (χ2v) is 5.64. The largest absolute Gasteiger partial charge is 0.550 e. The number of carboxylic acid groups (broad SMARTS) is 1. The molecule has 0 fully saturated rings. The van der Waals surface area contributed by atoms with E-state index in [0.717, 1.165) is 0 Å². The third-order valence-electron chi connectivity index (χ3n) is 3.71. The molecule has 0 spiro atoms. The van der Waals surface area contributed by atoms with Gasteiger partial charge in [0, 0.05) is 12.4 Å². The molecule has 0 aliphatic carbocycles. The van der Waals surface area contributed by atoms with Crippen LogP contribution in [0.3, 0.4) is 0 Å². The summed E-state index contributed by atoms with van der Waals surface area (Å²) in [5.74, 6) is -0.191. The highest BCUT2D eigenvalue weighted by atomic mass is 16.5. The van der Waals surface area contributed by atoms with Crippen molar-refractivity contribution in [3.8, 4) is 17.2 Å². The SMILES string of the molecule is CCOc1ccc([C@@H](CC(=O)[O-])NC(=O)COc2ccccc2)cc1OC. The minimum absolute atomic E-state index is 0.234. The first-order valence-electron chi connectivity index (χ1n) is 8.51. The van der Waals surface area contributed by atoms with Gasteiger partial charge < -0.3 is 29.4 Å². The lowest BCUT2D eigenvalue weighted by Crippen LogP contribution is -2.36. The number of carboxylic acids is 1. The molecule has 2 rings (SSSR count). The molecule has 1 amide bonds. The molecule has 0 aliphatic rings. The van der Waals surface area contributed by atoms with Crippen LogP contribution in [0.25, 0.3) is 0 Å². The molecule has 0 saturated carbocycles. The second-order valence-electron chi connectivity index (χ2n) is 5.64. The molecule has 1 atom stereocenters. The van der Waals surface area contributed by atoms with E-state index in [1.54, 1.807) is 42.5 Å². The van der Waals surface area contributed by atoms with Gasteiger partial charge in [-0.2, -0.15) is 0 Å². The van der Waals surface area contributed by atoms with Gasteiger partial charge in [-0.1, -0.05) is 24.3 Å². The van der Waals surface area contributed by atoms with E-state index in [0.29, 0.717) is 29.4 Å². The number of nitrogens with one attached hydrogen (secondary N) is 1. The zero-order valence-electron chi connectivity index (χ0n) is 15.3. The van der Waals surface area contributed by atoms with Crippen LogP contribution < -0.4 is 24.6 Å². The van der Waals surface area contributed by atoms with Crippen LogP contribution in [0.2, 0.25) is 0 Å². The summed E-state index contributed by atoms with van der Waals surface area (Å²) in [5, 5.41) is 13.8. The van der Waals surface area contributed by atoms with Crippen LogP contribution >= 0.6 is 0 Å². The van der Waals surface area contributed by atoms with Crippen molar-refractivity contribution in [2.45, 2.75) is 19.4 Å². The first-order chi connectivity index (χ1) is 13.0. The van der Waals surface area contributed by atoms with E-state index >= 15 is 0 Å². The third kappa shape index (κ3) is 6.22. The van der Waals surface area contributed by atoms with E-state index in [4.69, 9.17) is 14.2 Å². The first-order valence-corrected chi connectivity index (χ1v) is 8.51. The number of carbonyl (C=O) groups excluding carboxylic acids is 2. The Morgan fingerprint density at radius 1 is 1.07 bits per heavy atom. The Morgan fingerprint density at radius 3 is 2.44 bits per heavy atom. The van der Waals surface area contributed by atoms with Gasteiger partial charge in [0.05, 0.1) is 19.8 Å². The Morgan fingerprint density at radius 2 is 1.81 bits per heavy atom. The van der Waals surface area contributed by atoms with Crippen molar-refractivity contribution < 1.29 is 28.9 Å². The Labute approximate surface area is 157 Å². The van der Waals surface area contributed by atoms with Crippen LogP contribution in [0.4, 0.5) is 0 Å². The highest BCUT2D eigenvalue weighted by molar-refractivity contribution is 5.79. The Balaban J connectivity index is 2.10. The summed E-state index contributed by atoms with van der Waals surface area (Å²) in [4.78, 5) is 23.3. The Hall–Kier alpha value is -3.22.